The molecule has 1 atom stereocenters. The van der Waals surface area contributed by atoms with E-state index >= 15 is 0 Å². The number of anilines is 1. The second-order valence-electron chi connectivity index (χ2n) is 6.94. The number of halogens is 1. The number of rotatable bonds is 5. The minimum atomic E-state index is -0.308. The Kier molecular flexibility index (Phi) is 5.23. The first-order chi connectivity index (χ1) is 11.5. The van der Waals surface area contributed by atoms with Crippen molar-refractivity contribution < 1.29 is 14.3 Å². The molecule has 0 radical (unpaired) electrons. The van der Waals surface area contributed by atoms with E-state index in [2.05, 4.69) is 15.5 Å². The minimum absolute atomic E-state index is 0.210. The van der Waals surface area contributed by atoms with Gasteiger partial charge >= 0.3 is 6.03 Å². The van der Waals surface area contributed by atoms with Crippen LogP contribution in [0.25, 0.3) is 0 Å². The van der Waals surface area contributed by atoms with Gasteiger partial charge < -0.3 is 20.6 Å². The van der Waals surface area contributed by atoms with Gasteiger partial charge in [-0.2, -0.15) is 0 Å². The predicted molar refractivity (Wildman–Crippen MR) is 91.5 cm³/mol. The van der Waals surface area contributed by atoms with Gasteiger partial charge in [0.25, 0.3) is 0 Å². The maximum absolute atomic E-state index is 13.7. The Morgan fingerprint density at radius 1 is 1.33 bits per heavy atom. The number of hydrogen-bond donors (Lipinski definition) is 3. The monoisotopic (exact) mass is 335 g/mol. The number of amides is 2. The molecular formula is C18H26FN3O2. The van der Waals surface area contributed by atoms with E-state index in [0.717, 1.165) is 24.3 Å². The Morgan fingerprint density at radius 3 is 2.71 bits per heavy atom. The summed E-state index contributed by atoms with van der Waals surface area (Å²) in [5.74, 6) is 0.313. The number of aliphatic hydroxyl groups excluding tert-OH is 1. The smallest absolute Gasteiger partial charge is 0.315 e. The number of benzene rings is 1. The van der Waals surface area contributed by atoms with E-state index in [9.17, 15) is 14.3 Å². The molecule has 0 aromatic heterocycles. The predicted octanol–water partition coefficient (Wildman–Crippen LogP) is 2.56. The fourth-order valence-corrected chi connectivity index (χ4v) is 3.15. The molecule has 3 N–H and O–H groups in total. The molecular weight excluding hydrogens is 309 g/mol. The average Bonchev–Trinajstić information content (AvgIpc) is 3.38. The molecule has 2 aliphatic rings. The van der Waals surface area contributed by atoms with E-state index in [4.69, 9.17) is 0 Å². The van der Waals surface area contributed by atoms with Crippen LogP contribution in [0.4, 0.5) is 14.9 Å². The van der Waals surface area contributed by atoms with Crippen molar-refractivity contribution in [2.24, 2.45) is 5.92 Å². The largest absolute Gasteiger partial charge is 0.393 e. The van der Waals surface area contributed by atoms with Crippen molar-refractivity contribution in [3.8, 4) is 0 Å². The van der Waals surface area contributed by atoms with Crippen LogP contribution in [0, 0.1) is 11.7 Å². The van der Waals surface area contributed by atoms with Crippen LogP contribution >= 0.6 is 0 Å². The Bertz CT molecular complexity index is 584. The molecule has 6 heteroatoms. The van der Waals surface area contributed by atoms with Crippen LogP contribution in [0.3, 0.4) is 0 Å². The molecule has 1 saturated heterocycles. The Hall–Kier alpha value is -1.82. The van der Waals surface area contributed by atoms with E-state index in [1.165, 1.54) is 25.0 Å². The highest BCUT2D eigenvalue weighted by Crippen LogP contribution is 2.30. The van der Waals surface area contributed by atoms with Crippen molar-refractivity contribution in [1.29, 1.82) is 0 Å². The quantitative estimate of drug-likeness (QED) is 0.775. The molecule has 2 fully saturated rings. The number of urea groups is 1. The van der Waals surface area contributed by atoms with E-state index in [1.807, 2.05) is 6.92 Å². The maximum atomic E-state index is 13.7. The number of carbonyl (C=O) groups is 1. The molecule has 2 amide bonds. The van der Waals surface area contributed by atoms with Gasteiger partial charge in [-0.1, -0.05) is 0 Å². The first kappa shape index (κ1) is 17.0. The summed E-state index contributed by atoms with van der Waals surface area (Å²) in [6, 6.07) is 4.21. The molecule has 1 unspecified atom stereocenters. The van der Waals surface area contributed by atoms with E-state index in [-0.39, 0.29) is 24.0 Å². The summed E-state index contributed by atoms with van der Waals surface area (Å²) in [6.07, 6.45) is 3.53. The standard InChI is InChI=1S/C18H26FN3O2/c1-12(21-18(24)20-11-13-2-3-13)16-10-14(19)4-5-17(16)22-8-6-15(23)7-9-22/h4-5,10,12-13,15,23H,2-3,6-9,11H2,1H3,(H2,20,21,24). The summed E-state index contributed by atoms with van der Waals surface area (Å²) >= 11 is 0. The molecule has 24 heavy (non-hydrogen) atoms. The molecule has 3 rings (SSSR count). The average molecular weight is 335 g/mol. The Morgan fingerprint density at radius 2 is 2.04 bits per heavy atom. The van der Waals surface area contributed by atoms with Crippen LogP contribution in [-0.2, 0) is 0 Å². The first-order valence-corrected chi connectivity index (χ1v) is 8.79. The lowest BCUT2D eigenvalue weighted by Gasteiger charge is -2.34. The van der Waals surface area contributed by atoms with Crippen LogP contribution in [0.15, 0.2) is 18.2 Å². The van der Waals surface area contributed by atoms with Crippen molar-refractivity contribution in [3.63, 3.8) is 0 Å². The van der Waals surface area contributed by atoms with Crippen LogP contribution in [0.2, 0.25) is 0 Å². The van der Waals surface area contributed by atoms with Gasteiger partial charge in [-0.25, -0.2) is 9.18 Å². The molecule has 1 heterocycles. The third-order valence-electron chi connectivity index (χ3n) is 4.86. The van der Waals surface area contributed by atoms with Gasteiger partial charge in [0.1, 0.15) is 5.82 Å². The number of aliphatic hydroxyl groups is 1. The molecule has 0 bridgehead atoms. The topological polar surface area (TPSA) is 64.6 Å². The summed E-state index contributed by atoms with van der Waals surface area (Å²) < 4.78 is 13.7. The third kappa shape index (κ3) is 4.38. The minimum Gasteiger partial charge on any atom is -0.393 e. The number of nitrogens with one attached hydrogen (secondary N) is 2. The highest BCUT2D eigenvalue weighted by atomic mass is 19.1. The van der Waals surface area contributed by atoms with Gasteiger partial charge in [0.15, 0.2) is 0 Å². The molecule has 0 spiro atoms. The number of nitrogens with zero attached hydrogens (tertiary/aromatic N) is 1. The van der Waals surface area contributed by atoms with Crippen molar-refractivity contribution in [2.75, 3.05) is 24.5 Å². The second kappa shape index (κ2) is 7.38. The van der Waals surface area contributed by atoms with Crippen molar-refractivity contribution in [2.45, 2.75) is 44.8 Å². The normalized spacial score (nSPS) is 19.9. The van der Waals surface area contributed by atoms with Crippen LogP contribution < -0.4 is 15.5 Å². The Labute approximate surface area is 142 Å². The molecule has 1 aliphatic carbocycles. The van der Waals surface area contributed by atoms with Gasteiger partial charge in [0, 0.05) is 30.9 Å². The van der Waals surface area contributed by atoms with Crippen molar-refractivity contribution in [1.82, 2.24) is 10.6 Å². The third-order valence-corrected chi connectivity index (χ3v) is 4.86. The number of hydrogen-bond acceptors (Lipinski definition) is 3. The second-order valence-corrected chi connectivity index (χ2v) is 6.94. The highest BCUT2D eigenvalue weighted by Gasteiger charge is 2.24. The van der Waals surface area contributed by atoms with E-state index in [0.29, 0.717) is 25.3 Å². The van der Waals surface area contributed by atoms with Gasteiger partial charge in [-0.3, -0.25) is 0 Å². The zero-order valence-electron chi connectivity index (χ0n) is 14.1. The molecule has 1 aliphatic heterocycles. The van der Waals surface area contributed by atoms with Crippen molar-refractivity contribution in [3.05, 3.63) is 29.6 Å². The number of carbonyl (C=O) groups excluding carboxylic acids is 1. The number of piperidine rings is 1. The SMILES string of the molecule is CC(NC(=O)NCC1CC1)c1cc(F)ccc1N1CCC(O)CC1. The zero-order chi connectivity index (χ0) is 17.1. The van der Waals surface area contributed by atoms with E-state index < -0.39 is 0 Å². The van der Waals surface area contributed by atoms with Gasteiger partial charge in [0.05, 0.1) is 12.1 Å². The zero-order valence-corrected chi connectivity index (χ0v) is 14.1. The fraction of sp³-hybridized carbons (Fsp3) is 0.611. The fourth-order valence-electron chi connectivity index (χ4n) is 3.15. The summed E-state index contributed by atoms with van der Waals surface area (Å²) in [7, 11) is 0. The lowest BCUT2D eigenvalue weighted by molar-refractivity contribution is 0.145. The lowest BCUT2D eigenvalue weighted by Crippen LogP contribution is -2.40. The molecule has 132 valence electrons. The van der Waals surface area contributed by atoms with Crippen LogP contribution in [-0.4, -0.2) is 36.9 Å². The lowest BCUT2D eigenvalue weighted by atomic mass is 10.0. The van der Waals surface area contributed by atoms with Crippen molar-refractivity contribution >= 4 is 11.7 Å². The highest BCUT2D eigenvalue weighted by molar-refractivity contribution is 5.75. The molecule has 1 saturated carbocycles. The molecule has 1 aromatic carbocycles. The summed E-state index contributed by atoms with van der Waals surface area (Å²) in [6.45, 7) is 4.05. The van der Waals surface area contributed by atoms with E-state index in [1.54, 1.807) is 6.07 Å². The molecule has 5 nitrogen and oxygen atoms in total. The van der Waals surface area contributed by atoms with Gasteiger partial charge in [-0.15, -0.1) is 0 Å². The molecule has 1 aromatic rings. The summed E-state index contributed by atoms with van der Waals surface area (Å²) in [5.41, 5.74) is 1.70. The van der Waals surface area contributed by atoms with Crippen LogP contribution in [0.5, 0.6) is 0 Å². The van der Waals surface area contributed by atoms with Gasteiger partial charge in [0.2, 0.25) is 0 Å². The Balaban J connectivity index is 1.68. The van der Waals surface area contributed by atoms with Gasteiger partial charge in [-0.05, 0) is 56.7 Å². The summed E-state index contributed by atoms with van der Waals surface area (Å²) in [5, 5.41) is 15.4. The first-order valence-electron chi connectivity index (χ1n) is 8.79. The van der Waals surface area contributed by atoms with Crippen LogP contribution in [0.1, 0.15) is 44.2 Å². The maximum Gasteiger partial charge on any atom is 0.315 e. The summed E-state index contributed by atoms with van der Waals surface area (Å²) in [4.78, 5) is 14.2.